The van der Waals surface area contributed by atoms with Crippen LogP contribution in [0.25, 0.3) is 0 Å². The number of hydrogen-bond acceptors (Lipinski definition) is 3. The number of rotatable bonds is 6. The molecule has 0 aromatic heterocycles. The van der Waals surface area contributed by atoms with Crippen molar-refractivity contribution in [2.24, 2.45) is 11.1 Å². The van der Waals surface area contributed by atoms with Gasteiger partial charge in [0.05, 0.1) is 6.04 Å². The molecule has 4 nitrogen and oxygen atoms in total. The van der Waals surface area contributed by atoms with Crippen LogP contribution in [0.2, 0.25) is 0 Å². The Morgan fingerprint density at radius 1 is 1.23 bits per heavy atom. The van der Waals surface area contributed by atoms with E-state index in [0.29, 0.717) is 13.2 Å². The number of hydrogen-bond donors (Lipinski definition) is 1. The second-order valence-corrected chi connectivity index (χ2v) is 7.75. The molecule has 1 heterocycles. The van der Waals surface area contributed by atoms with E-state index in [2.05, 4.69) is 18.7 Å². The number of benzene rings is 2. The minimum atomic E-state index is -0.265. The number of nitrogens with two attached hydrogens (primary N) is 1. The van der Waals surface area contributed by atoms with Gasteiger partial charge in [0, 0.05) is 13.1 Å². The summed E-state index contributed by atoms with van der Waals surface area (Å²) in [5.74, 6) is 0.204. The number of ether oxygens (including phenoxy) is 1. The zero-order chi connectivity index (χ0) is 18.7. The van der Waals surface area contributed by atoms with E-state index in [1.807, 2.05) is 30.3 Å². The molecule has 1 atom stereocenters. The van der Waals surface area contributed by atoms with Crippen molar-refractivity contribution < 1.29 is 13.9 Å². The number of amides is 1. The molecular formula is C21H25FN2O2. The van der Waals surface area contributed by atoms with Gasteiger partial charge in [-0.1, -0.05) is 38.1 Å². The summed E-state index contributed by atoms with van der Waals surface area (Å²) in [6.07, 6.45) is 0.789. The summed E-state index contributed by atoms with van der Waals surface area (Å²) >= 11 is 0. The first kappa shape index (κ1) is 18.4. The third kappa shape index (κ3) is 4.61. The first-order valence-electron chi connectivity index (χ1n) is 8.82. The van der Waals surface area contributed by atoms with E-state index in [9.17, 15) is 9.18 Å². The van der Waals surface area contributed by atoms with Crippen LogP contribution in [0.15, 0.2) is 48.5 Å². The molecule has 138 valence electrons. The van der Waals surface area contributed by atoms with Crippen LogP contribution in [0.3, 0.4) is 0 Å². The Hall–Kier alpha value is -2.40. The fourth-order valence-electron chi connectivity index (χ4n) is 3.54. The molecule has 2 aromatic rings. The van der Waals surface area contributed by atoms with Gasteiger partial charge in [0.1, 0.15) is 18.2 Å². The highest BCUT2D eigenvalue weighted by molar-refractivity contribution is 5.80. The molecule has 0 bridgehead atoms. The van der Waals surface area contributed by atoms with Gasteiger partial charge in [-0.3, -0.25) is 9.69 Å². The maximum atomic E-state index is 13.2. The van der Waals surface area contributed by atoms with Crippen LogP contribution < -0.4 is 10.5 Å². The van der Waals surface area contributed by atoms with Crippen molar-refractivity contribution in [3.8, 4) is 5.75 Å². The van der Waals surface area contributed by atoms with Gasteiger partial charge in [0.2, 0.25) is 5.91 Å². The Kier molecular flexibility index (Phi) is 5.28. The number of nitrogens with zero attached hydrogens (tertiary/aromatic N) is 1. The highest BCUT2D eigenvalue weighted by Crippen LogP contribution is 2.34. The molecule has 0 radical (unpaired) electrons. The van der Waals surface area contributed by atoms with Crippen LogP contribution in [-0.4, -0.2) is 23.4 Å². The summed E-state index contributed by atoms with van der Waals surface area (Å²) in [4.78, 5) is 13.9. The molecule has 2 N–H and O–H groups in total. The quantitative estimate of drug-likeness (QED) is 0.862. The molecule has 1 saturated heterocycles. The van der Waals surface area contributed by atoms with Gasteiger partial charge in [-0.2, -0.15) is 0 Å². The molecule has 1 aliphatic rings. The molecule has 1 amide bonds. The second kappa shape index (κ2) is 7.46. The molecular weight excluding hydrogens is 331 g/mol. The second-order valence-electron chi connectivity index (χ2n) is 7.75. The van der Waals surface area contributed by atoms with Gasteiger partial charge < -0.3 is 10.5 Å². The maximum Gasteiger partial charge on any atom is 0.234 e. The van der Waals surface area contributed by atoms with E-state index in [1.165, 1.54) is 12.1 Å². The largest absolute Gasteiger partial charge is 0.489 e. The number of likely N-dealkylation sites (tertiary alicyclic amines) is 1. The van der Waals surface area contributed by atoms with Gasteiger partial charge in [-0.25, -0.2) is 4.39 Å². The zero-order valence-electron chi connectivity index (χ0n) is 15.2. The molecule has 1 aliphatic heterocycles. The van der Waals surface area contributed by atoms with E-state index >= 15 is 0 Å². The number of carbonyl (C=O) groups is 1. The summed E-state index contributed by atoms with van der Waals surface area (Å²) in [7, 11) is 0. The average Bonchev–Trinajstić information content (AvgIpc) is 2.89. The monoisotopic (exact) mass is 356 g/mol. The highest BCUT2D eigenvalue weighted by Gasteiger charge is 2.40. The molecule has 0 saturated carbocycles. The van der Waals surface area contributed by atoms with Crippen molar-refractivity contribution in [2.75, 3.05) is 6.54 Å². The Morgan fingerprint density at radius 2 is 1.96 bits per heavy atom. The van der Waals surface area contributed by atoms with Gasteiger partial charge in [-0.05, 0) is 47.2 Å². The fourth-order valence-corrected chi connectivity index (χ4v) is 3.54. The summed E-state index contributed by atoms with van der Waals surface area (Å²) in [5.41, 5.74) is 7.55. The van der Waals surface area contributed by atoms with Crippen LogP contribution >= 0.6 is 0 Å². The van der Waals surface area contributed by atoms with Crippen molar-refractivity contribution in [1.82, 2.24) is 4.90 Å². The molecule has 0 spiro atoms. The topological polar surface area (TPSA) is 55.6 Å². The highest BCUT2D eigenvalue weighted by atomic mass is 19.1. The first-order chi connectivity index (χ1) is 12.3. The minimum absolute atomic E-state index is 0.0910. The van der Waals surface area contributed by atoms with Crippen molar-refractivity contribution in [3.63, 3.8) is 0 Å². The van der Waals surface area contributed by atoms with Gasteiger partial charge >= 0.3 is 0 Å². The molecule has 26 heavy (non-hydrogen) atoms. The van der Waals surface area contributed by atoms with Crippen LogP contribution in [0.4, 0.5) is 4.39 Å². The van der Waals surface area contributed by atoms with E-state index in [4.69, 9.17) is 10.5 Å². The van der Waals surface area contributed by atoms with Crippen LogP contribution in [-0.2, 0) is 17.9 Å². The van der Waals surface area contributed by atoms with E-state index in [-0.39, 0.29) is 23.2 Å². The number of carbonyl (C=O) groups excluding carboxylic acids is 1. The Labute approximate surface area is 153 Å². The number of halogens is 1. The van der Waals surface area contributed by atoms with E-state index in [1.54, 1.807) is 6.07 Å². The van der Waals surface area contributed by atoms with E-state index in [0.717, 1.165) is 29.8 Å². The molecule has 5 heteroatoms. The first-order valence-corrected chi connectivity index (χ1v) is 8.82. The van der Waals surface area contributed by atoms with Crippen LogP contribution in [0.5, 0.6) is 5.75 Å². The molecule has 1 fully saturated rings. The van der Waals surface area contributed by atoms with Crippen molar-refractivity contribution in [1.29, 1.82) is 0 Å². The third-order valence-corrected chi connectivity index (χ3v) is 4.75. The Morgan fingerprint density at radius 3 is 2.62 bits per heavy atom. The lowest BCUT2D eigenvalue weighted by Gasteiger charge is -2.22. The third-order valence-electron chi connectivity index (χ3n) is 4.75. The minimum Gasteiger partial charge on any atom is -0.489 e. The number of primary amides is 1. The van der Waals surface area contributed by atoms with Crippen LogP contribution in [0.1, 0.15) is 31.4 Å². The summed E-state index contributed by atoms with van der Waals surface area (Å²) in [6, 6.07) is 13.9. The van der Waals surface area contributed by atoms with E-state index < -0.39 is 0 Å². The van der Waals surface area contributed by atoms with Crippen LogP contribution in [0, 0.1) is 11.2 Å². The van der Waals surface area contributed by atoms with Gasteiger partial charge in [0.25, 0.3) is 0 Å². The average molecular weight is 356 g/mol. The molecule has 2 aromatic carbocycles. The molecule has 0 unspecified atom stereocenters. The molecule has 3 rings (SSSR count). The normalized spacial score (nSPS) is 19.4. The standard InChI is InChI=1S/C21H25FN2O2/c1-21(2)11-19(20(23)25)24(14-21)12-15-6-8-18(9-7-15)26-13-16-4-3-5-17(22)10-16/h3-10,19H,11-14H2,1-2H3,(H2,23,25)/t19-/m0/s1. The predicted octanol–water partition coefficient (Wildman–Crippen LogP) is 3.49. The van der Waals surface area contributed by atoms with Gasteiger partial charge in [0.15, 0.2) is 0 Å². The predicted molar refractivity (Wildman–Crippen MR) is 99.0 cm³/mol. The van der Waals surface area contributed by atoms with Crippen molar-refractivity contribution in [2.45, 2.75) is 39.5 Å². The fraction of sp³-hybridized carbons (Fsp3) is 0.381. The lowest BCUT2D eigenvalue weighted by Crippen LogP contribution is -2.39. The SMILES string of the molecule is CC1(C)C[C@@H](C(N)=O)N(Cc2ccc(OCc3cccc(F)c3)cc2)C1. The maximum absolute atomic E-state index is 13.2. The summed E-state index contributed by atoms with van der Waals surface area (Å²) in [5, 5.41) is 0. The smallest absolute Gasteiger partial charge is 0.234 e. The summed E-state index contributed by atoms with van der Waals surface area (Å²) in [6.45, 7) is 6.17. The lowest BCUT2D eigenvalue weighted by molar-refractivity contribution is -0.122. The summed E-state index contributed by atoms with van der Waals surface area (Å²) < 4.78 is 18.9. The Bertz CT molecular complexity index is 774. The van der Waals surface area contributed by atoms with Crippen molar-refractivity contribution in [3.05, 3.63) is 65.5 Å². The zero-order valence-corrected chi connectivity index (χ0v) is 15.2. The van der Waals surface area contributed by atoms with Crippen molar-refractivity contribution >= 4 is 5.91 Å². The lowest BCUT2D eigenvalue weighted by atomic mass is 9.90. The Balaban J connectivity index is 1.60. The molecule has 0 aliphatic carbocycles. The van der Waals surface area contributed by atoms with Gasteiger partial charge in [-0.15, -0.1) is 0 Å².